The van der Waals surface area contributed by atoms with Crippen LogP contribution < -0.4 is 0 Å². The van der Waals surface area contributed by atoms with Crippen molar-refractivity contribution in [3.05, 3.63) is 11.6 Å². The van der Waals surface area contributed by atoms with Crippen LogP contribution in [0.3, 0.4) is 0 Å². The molecule has 0 aliphatic heterocycles. The van der Waals surface area contributed by atoms with E-state index in [0.29, 0.717) is 12.8 Å². The molecule has 4 rings (SSSR count). The molecule has 0 heterocycles. The Bertz CT molecular complexity index is 570. The molecule has 4 nitrogen and oxygen atoms in total. The first kappa shape index (κ1) is 17.0. The number of hydrogen-bond acceptors (Lipinski definition) is 4. The van der Waals surface area contributed by atoms with Crippen molar-refractivity contribution in [2.45, 2.75) is 83.2 Å². The van der Waals surface area contributed by atoms with Gasteiger partial charge in [-0.3, -0.25) is 0 Å². The maximum absolute atomic E-state index is 11.1. The van der Waals surface area contributed by atoms with E-state index in [9.17, 15) is 20.4 Å². The first-order valence-electron chi connectivity index (χ1n) is 9.58. The highest BCUT2D eigenvalue weighted by atomic mass is 16.3. The van der Waals surface area contributed by atoms with Crippen LogP contribution in [0.4, 0.5) is 0 Å². The first-order chi connectivity index (χ1) is 11.1. The Labute approximate surface area is 144 Å². The number of aliphatic hydroxyl groups is 4. The van der Waals surface area contributed by atoms with Crippen molar-refractivity contribution < 1.29 is 20.4 Å². The largest absolute Gasteiger partial charge is 0.393 e. The summed E-state index contributed by atoms with van der Waals surface area (Å²) in [4.78, 5) is 0. The molecule has 24 heavy (non-hydrogen) atoms. The zero-order chi connectivity index (χ0) is 17.5. The molecule has 3 saturated carbocycles. The van der Waals surface area contributed by atoms with Gasteiger partial charge < -0.3 is 20.4 Å². The van der Waals surface area contributed by atoms with E-state index >= 15 is 0 Å². The molecule has 9 atom stereocenters. The summed E-state index contributed by atoms with van der Waals surface area (Å²) in [5.41, 5.74) is -0.137. The molecule has 4 heteroatoms. The van der Waals surface area contributed by atoms with Gasteiger partial charge in [-0.15, -0.1) is 0 Å². The lowest BCUT2D eigenvalue weighted by Crippen LogP contribution is -2.61. The van der Waals surface area contributed by atoms with Crippen LogP contribution in [0.25, 0.3) is 0 Å². The van der Waals surface area contributed by atoms with E-state index in [1.165, 1.54) is 0 Å². The molecule has 0 bridgehead atoms. The third-order valence-electron chi connectivity index (χ3n) is 8.61. The van der Waals surface area contributed by atoms with Crippen LogP contribution >= 0.6 is 0 Å². The summed E-state index contributed by atoms with van der Waals surface area (Å²) in [6, 6.07) is 0. The molecule has 136 valence electrons. The Kier molecular flexibility index (Phi) is 3.59. The Morgan fingerprint density at radius 2 is 1.75 bits per heavy atom. The Morgan fingerprint density at radius 3 is 2.46 bits per heavy atom. The summed E-state index contributed by atoms with van der Waals surface area (Å²) in [7, 11) is 0. The molecule has 4 N–H and O–H groups in total. The number of rotatable bonds is 0. The predicted octanol–water partition coefficient (Wildman–Crippen LogP) is 2.00. The van der Waals surface area contributed by atoms with E-state index in [0.717, 1.165) is 31.3 Å². The molecule has 0 amide bonds. The second-order valence-electron chi connectivity index (χ2n) is 9.71. The van der Waals surface area contributed by atoms with Crippen LogP contribution in [0.1, 0.15) is 59.3 Å². The van der Waals surface area contributed by atoms with Crippen molar-refractivity contribution in [2.24, 2.45) is 28.6 Å². The maximum atomic E-state index is 11.1. The van der Waals surface area contributed by atoms with Gasteiger partial charge in [0.05, 0.1) is 23.9 Å². The van der Waals surface area contributed by atoms with Gasteiger partial charge >= 0.3 is 0 Å². The third kappa shape index (κ3) is 2.00. The Hall–Kier alpha value is -0.420. The van der Waals surface area contributed by atoms with E-state index in [2.05, 4.69) is 13.8 Å². The minimum absolute atomic E-state index is 0.00304. The van der Waals surface area contributed by atoms with Crippen LogP contribution in [-0.2, 0) is 0 Å². The molecule has 0 aromatic rings. The van der Waals surface area contributed by atoms with Gasteiger partial charge in [0.1, 0.15) is 0 Å². The highest BCUT2D eigenvalue weighted by molar-refractivity contribution is 5.29. The summed E-state index contributed by atoms with van der Waals surface area (Å²) >= 11 is 0. The summed E-state index contributed by atoms with van der Waals surface area (Å²) in [5.74, 6) is 0.251. The fraction of sp³-hybridized carbons (Fsp3) is 0.900. The van der Waals surface area contributed by atoms with Crippen LogP contribution in [-0.4, -0.2) is 44.3 Å². The minimum atomic E-state index is -0.781. The molecule has 0 spiro atoms. The summed E-state index contributed by atoms with van der Waals surface area (Å²) in [6.07, 6.45) is 5.04. The molecule has 0 aromatic carbocycles. The van der Waals surface area contributed by atoms with Crippen LogP contribution in [0.2, 0.25) is 0 Å². The molecule has 4 unspecified atom stereocenters. The van der Waals surface area contributed by atoms with Gasteiger partial charge in [-0.1, -0.05) is 25.5 Å². The van der Waals surface area contributed by atoms with Crippen molar-refractivity contribution in [3.8, 4) is 0 Å². The lowest BCUT2D eigenvalue weighted by molar-refractivity contribution is -0.181. The summed E-state index contributed by atoms with van der Waals surface area (Å²) in [6.45, 7) is 6.21. The summed E-state index contributed by atoms with van der Waals surface area (Å²) < 4.78 is 0. The lowest BCUT2D eigenvalue weighted by atomic mass is 9.45. The molecule has 0 aromatic heterocycles. The SMILES string of the molecule is CC12CC[C@H](O)CC1=C[C@H](O)C1C2[C@H](O)CC2(C)[C@H]1CC[C@]2(C)O. The lowest BCUT2D eigenvalue weighted by Gasteiger charge is -2.61. The Morgan fingerprint density at radius 1 is 1.04 bits per heavy atom. The molecular formula is C20H32O4. The first-order valence-corrected chi connectivity index (χ1v) is 9.58. The Balaban J connectivity index is 1.79. The standard InChI is InChI=1S/C20H32O4/c1-18-6-4-12(21)8-11(18)9-14(22)16-13-5-7-20(3,24)19(13,2)10-15(23)17(16)18/h9,12-17,21-24H,4-8,10H2,1-3H3/t12-,13-,14-,15+,16?,17?,18?,19?,20-/m0/s1. The number of fused-ring (bicyclic) bond motifs is 5. The second kappa shape index (κ2) is 5.06. The van der Waals surface area contributed by atoms with E-state index in [1.807, 2.05) is 13.0 Å². The zero-order valence-electron chi connectivity index (χ0n) is 15.1. The molecular weight excluding hydrogens is 304 g/mol. The molecule has 4 aliphatic rings. The van der Waals surface area contributed by atoms with Gasteiger partial charge in [0.2, 0.25) is 0 Å². The molecule has 0 radical (unpaired) electrons. The van der Waals surface area contributed by atoms with Crippen molar-refractivity contribution in [2.75, 3.05) is 0 Å². The highest BCUT2D eigenvalue weighted by Crippen LogP contribution is 2.66. The van der Waals surface area contributed by atoms with Gasteiger partial charge in [-0.25, -0.2) is 0 Å². The molecule has 4 aliphatic carbocycles. The fourth-order valence-electron chi connectivity index (χ4n) is 6.97. The van der Waals surface area contributed by atoms with Gasteiger partial charge in [-0.2, -0.15) is 0 Å². The predicted molar refractivity (Wildman–Crippen MR) is 91.1 cm³/mol. The average Bonchev–Trinajstić information content (AvgIpc) is 2.71. The van der Waals surface area contributed by atoms with E-state index in [1.54, 1.807) is 0 Å². The quantitative estimate of drug-likeness (QED) is 0.510. The van der Waals surface area contributed by atoms with Gasteiger partial charge in [-0.05, 0) is 68.6 Å². The van der Waals surface area contributed by atoms with Crippen molar-refractivity contribution in [1.29, 1.82) is 0 Å². The van der Waals surface area contributed by atoms with Crippen molar-refractivity contribution >= 4 is 0 Å². The van der Waals surface area contributed by atoms with Crippen LogP contribution in [0.5, 0.6) is 0 Å². The normalized spacial score (nSPS) is 60.0. The van der Waals surface area contributed by atoms with Gasteiger partial charge in [0.15, 0.2) is 0 Å². The number of hydrogen-bond donors (Lipinski definition) is 4. The number of aliphatic hydroxyl groups excluding tert-OH is 3. The minimum Gasteiger partial charge on any atom is -0.393 e. The smallest absolute Gasteiger partial charge is 0.0758 e. The molecule has 3 fully saturated rings. The monoisotopic (exact) mass is 336 g/mol. The molecule has 0 saturated heterocycles. The summed E-state index contributed by atoms with van der Waals surface area (Å²) in [5, 5.41) is 43.1. The van der Waals surface area contributed by atoms with E-state index < -0.39 is 17.8 Å². The van der Waals surface area contributed by atoms with Crippen molar-refractivity contribution in [3.63, 3.8) is 0 Å². The second-order valence-corrected chi connectivity index (χ2v) is 9.71. The van der Waals surface area contributed by atoms with Crippen LogP contribution in [0.15, 0.2) is 11.6 Å². The maximum Gasteiger partial charge on any atom is 0.0758 e. The van der Waals surface area contributed by atoms with E-state index in [-0.39, 0.29) is 34.7 Å². The van der Waals surface area contributed by atoms with Gasteiger partial charge in [0, 0.05) is 5.41 Å². The van der Waals surface area contributed by atoms with Crippen LogP contribution in [0, 0.1) is 28.6 Å². The highest BCUT2D eigenvalue weighted by Gasteiger charge is 2.66. The fourth-order valence-corrected chi connectivity index (χ4v) is 6.97. The van der Waals surface area contributed by atoms with Crippen molar-refractivity contribution in [1.82, 2.24) is 0 Å². The zero-order valence-corrected chi connectivity index (χ0v) is 15.1. The van der Waals surface area contributed by atoms with E-state index in [4.69, 9.17) is 0 Å². The van der Waals surface area contributed by atoms with Gasteiger partial charge in [0.25, 0.3) is 0 Å². The average molecular weight is 336 g/mol. The topological polar surface area (TPSA) is 80.9 Å². The third-order valence-corrected chi connectivity index (χ3v) is 8.61.